The van der Waals surface area contributed by atoms with Gasteiger partial charge in [0.05, 0.1) is 0 Å². The molecule has 0 aromatic rings. The zero-order valence-corrected chi connectivity index (χ0v) is 2.83. The highest BCUT2D eigenvalue weighted by Gasteiger charge is 1.95. The van der Waals surface area contributed by atoms with Crippen LogP contribution in [0.25, 0.3) is 0 Å². The first-order valence-electron chi connectivity index (χ1n) is 1.11. The van der Waals surface area contributed by atoms with E-state index in [2.05, 4.69) is 5.84 Å². The Morgan fingerprint density at radius 3 is 2.00 bits per heavy atom. The standard InChI is InChI=1S/CH4N2O3/c2-3(6)1(4)5/h6H,2H2,(H,4,5). The number of amides is 1. The fourth-order valence-electron chi connectivity index (χ4n) is 0. The molecule has 5 heteroatoms. The molecule has 0 aliphatic carbocycles. The molecule has 5 nitrogen and oxygen atoms in total. The van der Waals surface area contributed by atoms with Crippen molar-refractivity contribution in [1.82, 2.24) is 5.17 Å². The maximum Gasteiger partial charge on any atom is 0.446 e. The van der Waals surface area contributed by atoms with Gasteiger partial charge in [-0.2, -0.15) is 0 Å². The topological polar surface area (TPSA) is 86.8 Å². The summed E-state index contributed by atoms with van der Waals surface area (Å²) in [4.78, 5) is 9.25. The number of nitrogens with zero attached hydrogens (tertiary/aromatic N) is 1. The monoisotopic (exact) mass is 92.0 g/mol. The summed E-state index contributed by atoms with van der Waals surface area (Å²) in [6.07, 6.45) is -1.57. The van der Waals surface area contributed by atoms with E-state index in [1.54, 1.807) is 0 Å². The molecule has 6 heavy (non-hydrogen) atoms. The number of carbonyl (C=O) groups is 1. The van der Waals surface area contributed by atoms with Crippen LogP contribution in [0, 0.1) is 0 Å². The number of hydrogen-bond donors (Lipinski definition) is 3. The van der Waals surface area contributed by atoms with E-state index in [0.29, 0.717) is 0 Å². The van der Waals surface area contributed by atoms with E-state index in [9.17, 15) is 4.79 Å². The van der Waals surface area contributed by atoms with Crippen LogP contribution in [0.5, 0.6) is 0 Å². The maximum absolute atomic E-state index is 9.25. The van der Waals surface area contributed by atoms with Crippen molar-refractivity contribution in [2.75, 3.05) is 0 Å². The molecule has 0 unspecified atom stereocenters. The van der Waals surface area contributed by atoms with E-state index in [1.807, 2.05) is 0 Å². The first-order valence-corrected chi connectivity index (χ1v) is 1.11. The van der Waals surface area contributed by atoms with Crippen molar-refractivity contribution in [1.29, 1.82) is 0 Å². The van der Waals surface area contributed by atoms with Gasteiger partial charge < -0.3 is 5.11 Å². The molecule has 0 atom stereocenters. The van der Waals surface area contributed by atoms with Gasteiger partial charge in [0.2, 0.25) is 0 Å². The predicted molar refractivity (Wildman–Crippen MR) is 15.8 cm³/mol. The van der Waals surface area contributed by atoms with Crippen LogP contribution in [0.3, 0.4) is 0 Å². The minimum absolute atomic E-state index is 0.417. The van der Waals surface area contributed by atoms with Gasteiger partial charge in [0.15, 0.2) is 0 Å². The number of carboxylic acid groups (broad SMARTS) is 1. The zero-order chi connectivity index (χ0) is 5.15. The summed E-state index contributed by atoms with van der Waals surface area (Å²) in [5, 5.41) is 14.8. The second kappa shape index (κ2) is 1.58. The number of hydrogen-bond acceptors (Lipinski definition) is 3. The summed E-state index contributed by atoms with van der Waals surface area (Å²) in [5.41, 5.74) is 0. The van der Waals surface area contributed by atoms with E-state index < -0.39 is 11.3 Å². The molecule has 36 valence electrons. The Kier molecular flexibility index (Phi) is 1.37. The third-order valence-corrected chi connectivity index (χ3v) is 0.196. The first kappa shape index (κ1) is 5.19. The Balaban J connectivity index is 3.26. The second-order valence-corrected chi connectivity index (χ2v) is 0.627. The Hall–Kier alpha value is -0.810. The van der Waals surface area contributed by atoms with Gasteiger partial charge in [0, 0.05) is 0 Å². The predicted octanol–water partition coefficient (Wildman–Crippen LogP) is -0.771. The lowest BCUT2D eigenvalue weighted by atomic mass is 11.2. The highest BCUT2D eigenvalue weighted by Crippen LogP contribution is 1.63. The first-order chi connectivity index (χ1) is 2.64. The van der Waals surface area contributed by atoms with Crippen molar-refractivity contribution in [2.24, 2.45) is 5.84 Å². The van der Waals surface area contributed by atoms with Gasteiger partial charge in [-0.1, -0.05) is 0 Å². The fraction of sp³-hybridized carbons (Fsp3) is 0. The molecular formula is CH4N2O3. The summed E-state index contributed by atoms with van der Waals surface area (Å²) in [5.74, 6) is 4.22. The summed E-state index contributed by atoms with van der Waals surface area (Å²) in [7, 11) is 0. The van der Waals surface area contributed by atoms with Crippen molar-refractivity contribution in [3.8, 4) is 0 Å². The quantitative estimate of drug-likeness (QED) is 0.158. The van der Waals surface area contributed by atoms with Crippen LogP contribution in [0.15, 0.2) is 0 Å². The van der Waals surface area contributed by atoms with Gasteiger partial charge >= 0.3 is 6.09 Å². The molecule has 0 saturated carbocycles. The van der Waals surface area contributed by atoms with E-state index in [1.165, 1.54) is 0 Å². The van der Waals surface area contributed by atoms with Crippen LogP contribution < -0.4 is 5.84 Å². The lowest BCUT2D eigenvalue weighted by Crippen LogP contribution is -2.31. The van der Waals surface area contributed by atoms with Gasteiger partial charge in [-0.25, -0.2) is 10.6 Å². The molecule has 0 aromatic carbocycles. The Morgan fingerprint density at radius 1 is 1.83 bits per heavy atom. The van der Waals surface area contributed by atoms with Crippen molar-refractivity contribution in [3.05, 3.63) is 0 Å². The van der Waals surface area contributed by atoms with Crippen molar-refractivity contribution in [3.63, 3.8) is 0 Å². The molecule has 0 rings (SSSR count). The normalized spacial score (nSPS) is 7.67. The van der Waals surface area contributed by atoms with Crippen molar-refractivity contribution >= 4 is 6.09 Å². The summed E-state index contributed by atoms with van der Waals surface area (Å²) < 4.78 is 0. The summed E-state index contributed by atoms with van der Waals surface area (Å²) >= 11 is 0. The van der Waals surface area contributed by atoms with Crippen molar-refractivity contribution in [2.45, 2.75) is 0 Å². The Labute approximate surface area is 33.5 Å². The van der Waals surface area contributed by atoms with Gasteiger partial charge in [0.25, 0.3) is 0 Å². The number of hydroxylamine groups is 1. The SMILES string of the molecule is NN(O)C(=O)O. The number of nitrogens with two attached hydrogens (primary N) is 1. The maximum atomic E-state index is 9.25. The molecule has 0 spiro atoms. The van der Waals surface area contributed by atoms with E-state index in [4.69, 9.17) is 10.3 Å². The number of rotatable bonds is 0. The van der Waals surface area contributed by atoms with Crippen molar-refractivity contribution < 1.29 is 15.1 Å². The molecule has 0 fully saturated rings. The van der Waals surface area contributed by atoms with Crippen LogP contribution in [0.2, 0.25) is 0 Å². The third kappa shape index (κ3) is 1.50. The molecule has 0 aromatic heterocycles. The third-order valence-electron chi connectivity index (χ3n) is 0.196. The Morgan fingerprint density at radius 2 is 2.00 bits per heavy atom. The van der Waals surface area contributed by atoms with Crippen LogP contribution in [-0.4, -0.2) is 21.6 Å². The average molecular weight is 92.1 g/mol. The largest absolute Gasteiger partial charge is 0.462 e. The summed E-state index contributed by atoms with van der Waals surface area (Å²) in [6, 6.07) is 0. The second-order valence-electron chi connectivity index (χ2n) is 0.627. The van der Waals surface area contributed by atoms with Gasteiger partial charge in [0.1, 0.15) is 0 Å². The molecule has 0 aliphatic rings. The average Bonchev–Trinajstić information content (AvgIpc) is 1.36. The van der Waals surface area contributed by atoms with Crippen LogP contribution in [0.4, 0.5) is 4.79 Å². The summed E-state index contributed by atoms with van der Waals surface area (Å²) in [6.45, 7) is 0. The smallest absolute Gasteiger partial charge is 0.446 e. The molecule has 0 heterocycles. The minimum atomic E-state index is -1.57. The highest BCUT2D eigenvalue weighted by molar-refractivity contribution is 5.62. The highest BCUT2D eigenvalue weighted by atomic mass is 16.6. The lowest BCUT2D eigenvalue weighted by Gasteiger charge is -1.96. The molecule has 0 radical (unpaired) electrons. The molecular weight excluding hydrogens is 88.0 g/mol. The fourth-order valence-corrected chi connectivity index (χ4v) is 0. The molecule has 1 amide bonds. The lowest BCUT2D eigenvalue weighted by molar-refractivity contribution is -0.0653. The van der Waals surface area contributed by atoms with Crippen LogP contribution in [-0.2, 0) is 0 Å². The molecule has 0 bridgehead atoms. The van der Waals surface area contributed by atoms with E-state index in [0.717, 1.165) is 0 Å². The molecule has 0 saturated heterocycles. The van der Waals surface area contributed by atoms with E-state index >= 15 is 0 Å². The molecule has 0 aliphatic heterocycles. The van der Waals surface area contributed by atoms with Gasteiger partial charge in [-0.3, -0.25) is 5.21 Å². The van der Waals surface area contributed by atoms with Gasteiger partial charge in [-0.15, -0.1) is 5.17 Å². The molecule has 4 N–H and O–H groups in total. The zero-order valence-electron chi connectivity index (χ0n) is 2.83. The van der Waals surface area contributed by atoms with Gasteiger partial charge in [-0.05, 0) is 0 Å². The minimum Gasteiger partial charge on any atom is -0.462 e. The Bertz CT molecular complexity index is 59.8. The van der Waals surface area contributed by atoms with Crippen LogP contribution >= 0.6 is 0 Å². The van der Waals surface area contributed by atoms with E-state index in [-0.39, 0.29) is 0 Å². The van der Waals surface area contributed by atoms with Crippen LogP contribution in [0.1, 0.15) is 0 Å². The number of hydrazine groups is 1.